The number of alkyl halides is 3. The third kappa shape index (κ3) is 6.35. The summed E-state index contributed by atoms with van der Waals surface area (Å²) in [5.41, 5.74) is -3.14. The molecule has 0 aliphatic carbocycles. The molecule has 0 bridgehead atoms. The van der Waals surface area contributed by atoms with Gasteiger partial charge in [0.05, 0.1) is 19.8 Å². The van der Waals surface area contributed by atoms with Gasteiger partial charge in [0.25, 0.3) is 0 Å². The molecule has 1 unspecified atom stereocenters. The Bertz CT molecular complexity index is 526. The van der Waals surface area contributed by atoms with E-state index >= 15 is 0 Å². The summed E-state index contributed by atoms with van der Waals surface area (Å²) in [5.74, 6) is 0. The van der Waals surface area contributed by atoms with Crippen LogP contribution in [0, 0.1) is 0 Å². The second-order valence-electron chi connectivity index (χ2n) is 9.60. The monoisotopic (exact) mass is 413 g/mol. The van der Waals surface area contributed by atoms with Crippen LogP contribution in [0.1, 0.15) is 48.0 Å². The molecular weight excluding hydrogens is 379 g/mol. The molecule has 1 atom stereocenters. The van der Waals surface area contributed by atoms with E-state index < -0.39 is 38.3 Å². The average Bonchev–Trinajstić information content (AvgIpc) is 2.86. The average molecular weight is 414 g/mol. The maximum absolute atomic E-state index is 13.7. The first-order valence-corrected chi connectivity index (χ1v) is 12.1. The fourth-order valence-corrected chi connectivity index (χ4v) is 3.47. The summed E-state index contributed by atoms with van der Waals surface area (Å²) in [7, 11) is -2.06. The van der Waals surface area contributed by atoms with E-state index in [1.165, 1.54) is 0 Å². The quantitative estimate of drug-likeness (QED) is 0.472. The van der Waals surface area contributed by atoms with Gasteiger partial charge < -0.3 is 18.8 Å². The topological polar surface area (TPSA) is 48.0 Å². The van der Waals surface area contributed by atoms with E-state index in [0.717, 1.165) is 4.90 Å². The van der Waals surface area contributed by atoms with E-state index in [1.54, 1.807) is 20.8 Å². The van der Waals surface area contributed by atoms with Gasteiger partial charge in [0.15, 0.2) is 13.9 Å². The Labute approximate surface area is 161 Å². The minimum absolute atomic E-state index is 0.0322. The molecule has 0 saturated carbocycles. The van der Waals surface area contributed by atoms with Gasteiger partial charge in [-0.3, -0.25) is 0 Å². The molecule has 0 aromatic heterocycles. The van der Waals surface area contributed by atoms with Crippen molar-refractivity contribution in [2.45, 2.75) is 83.5 Å². The molecule has 9 heteroatoms. The third-order valence-corrected chi connectivity index (χ3v) is 9.67. The number of nitrogens with zero attached hydrogens (tertiary/aromatic N) is 1. The zero-order valence-corrected chi connectivity index (χ0v) is 18.7. The van der Waals surface area contributed by atoms with Gasteiger partial charge in [0.1, 0.15) is 5.60 Å². The van der Waals surface area contributed by atoms with Crippen molar-refractivity contribution in [2.75, 3.05) is 26.3 Å². The first kappa shape index (κ1) is 24.2. The summed E-state index contributed by atoms with van der Waals surface area (Å²) in [6.07, 6.45) is -5.65. The number of likely N-dealkylation sites (tertiary alicyclic amines) is 1. The van der Waals surface area contributed by atoms with Crippen molar-refractivity contribution in [3.63, 3.8) is 0 Å². The SMILES string of the molecule is CC(C)(C)OC(=O)N1CCC(OCCO[Si](C)(C)C(C)(C)C)(C(F)(F)F)C1. The van der Waals surface area contributed by atoms with Gasteiger partial charge in [-0.25, -0.2) is 4.79 Å². The van der Waals surface area contributed by atoms with E-state index in [4.69, 9.17) is 13.9 Å². The van der Waals surface area contributed by atoms with Crippen molar-refractivity contribution in [1.29, 1.82) is 0 Å². The number of amides is 1. The summed E-state index contributed by atoms with van der Waals surface area (Å²) in [6, 6.07) is 0. The Hall–Kier alpha value is -0.803. The zero-order valence-electron chi connectivity index (χ0n) is 17.7. The Morgan fingerprint density at radius 1 is 1.07 bits per heavy atom. The molecule has 0 aromatic carbocycles. The van der Waals surface area contributed by atoms with Crippen LogP contribution in [-0.4, -0.2) is 63.0 Å². The highest BCUT2D eigenvalue weighted by Crippen LogP contribution is 2.41. The lowest BCUT2D eigenvalue weighted by Gasteiger charge is -2.37. The Kier molecular flexibility index (Phi) is 7.10. The molecule has 1 rings (SSSR count). The molecule has 1 aliphatic heterocycles. The molecule has 160 valence electrons. The number of carbonyl (C=O) groups excluding carboxylic acids is 1. The van der Waals surface area contributed by atoms with E-state index in [0.29, 0.717) is 0 Å². The molecule has 0 radical (unpaired) electrons. The van der Waals surface area contributed by atoms with E-state index in [1.807, 2.05) is 13.1 Å². The van der Waals surface area contributed by atoms with Crippen LogP contribution in [0.3, 0.4) is 0 Å². The minimum atomic E-state index is -4.58. The highest BCUT2D eigenvalue weighted by atomic mass is 28.4. The van der Waals surface area contributed by atoms with Gasteiger partial charge in [-0.05, 0) is 38.9 Å². The zero-order chi connectivity index (χ0) is 21.3. The molecule has 1 saturated heterocycles. The Morgan fingerprint density at radius 3 is 2.07 bits per heavy atom. The van der Waals surface area contributed by atoms with Crippen LogP contribution in [0.2, 0.25) is 18.1 Å². The highest BCUT2D eigenvalue weighted by Gasteiger charge is 2.60. The van der Waals surface area contributed by atoms with Gasteiger partial charge in [0, 0.05) is 13.0 Å². The van der Waals surface area contributed by atoms with Gasteiger partial charge in [-0.15, -0.1) is 0 Å². The molecule has 5 nitrogen and oxygen atoms in total. The number of hydrogen-bond acceptors (Lipinski definition) is 4. The van der Waals surface area contributed by atoms with Crippen molar-refractivity contribution >= 4 is 14.4 Å². The summed E-state index contributed by atoms with van der Waals surface area (Å²) >= 11 is 0. The number of halogens is 3. The normalized spacial score (nSPS) is 22.3. The lowest BCUT2D eigenvalue weighted by molar-refractivity contribution is -0.272. The van der Waals surface area contributed by atoms with Gasteiger partial charge in [-0.1, -0.05) is 20.8 Å². The third-order valence-electron chi connectivity index (χ3n) is 5.13. The fraction of sp³-hybridized carbons (Fsp3) is 0.944. The second-order valence-corrected chi connectivity index (χ2v) is 14.4. The van der Waals surface area contributed by atoms with Gasteiger partial charge >= 0.3 is 12.3 Å². The van der Waals surface area contributed by atoms with Crippen LogP contribution >= 0.6 is 0 Å². The van der Waals surface area contributed by atoms with Crippen LogP contribution in [0.15, 0.2) is 0 Å². The maximum atomic E-state index is 13.7. The van der Waals surface area contributed by atoms with Crippen molar-refractivity contribution in [2.24, 2.45) is 0 Å². The summed E-state index contributed by atoms with van der Waals surface area (Å²) in [4.78, 5) is 13.2. The first-order chi connectivity index (χ1) is 11.9. The summed E-state index contributed by atoms with van der Waals surface area (Å²) in [5, 5.41) is -0.0322. The largest absolute Gasteiger partial charge is 0.444 e. The van der Waals surface area contributed by atoms with Gasteiger partial charge in [0.2, 0.25) is 0 Å². The Morgan fingerprint density at radius 2 is 1.63 bits per heavy atom. The molecule has 1 heterocycles. The number of ether oxygens (including phenoxy) is 2. The van der Waals surface area contributed by atoms with Crippen LogP contribution in [0.25, 0.3) is 0 Å². The number of hydrogen-bond donors (Lipinski definition) is 0. The number of rotatable bonds is 5. The second kappa shape index (κ2) is 7.91. The van der Waals surface area contributed by atoms with E-state index in [9.17, 15) is 18.0 Å². The van der Waals surface area contributed by atoms with Crippen LogP contribution in [-0.2, 0) is 13.9 Å². The first-order valence-electron chi connectivity index (χ1n) is 9.23. The highest BCUT2D eigenvalue weighted by molar-refractivity contribution is 6.74. The van der Waals surface area contributed by atoms with E-state index in [2.05, 4.69) is 20.8 Å². The van der Waals surface area contributed by atoms with Crippen molar-refractivity contribution in [3.8, 4) is 0 Å². The Balaban J connectivity index is 2.72. The van der Waals surface area contributed by atoms with Crippen molar-refractivity contribution in [1.82, 2.24) is 4.90 Å². The minimum Gasteiger partial charge on any atom is -0.444 e. The molecular formula is C18H34F3NO4Si. The summed E-state index contributed by atoms with van der Waals surface area (Å²) < 4.78 is 57.5. The molecule has 1 fully saturated rings. The molecule has 27 heavy (non-hydrogen) atoms. The van der Waals surface area contributed by atoms with Crippen LogP contribution in [0.5, 0.6) is 0 Å². The smallest absolute Gasteiger partial charge is 0.419 e. The predicted octanol–water partition coefficient (Wildman–Crippen LogP) is 4.97. The molecule has 1 amide bonds. The van der Waals surface area contributed by atoms with Crippen LogP contribution in [0.4, 0.5) is 18.0 Å². The lowest BCUT2D eigenvalue weighted by Crippen LogP contribution is -2.51. The molecule has 0 N–H and O–H groups in total. The van der Waals surface area contributed by atoms with Crippen LogP contribution < -0.4 is 0 Å². The van der Waals surface area contributed by atoms with Gasteiger partial charge in [-0.2, -0.15) is 13.2 Å². The fourth-order valence-electron chi connectivity index (χ4n) is 2.45. The summed E-state index contributed by atoms with van der Waals surface area (Å²) in [6.45, 7) is 14.6. The van der Waals surface area contributed by atoms with Crippen molar-refractivity contribution in [3.05, 3.63) is 0 Å². The molecule has 0 aromatic rings. The predicted molar refractivity (Wildman–Crippen MR) is 100 cm³/mol. The van der Waals surface area contributed by atoms with E-state index in [-0.39, 0.29) is 31.2 Å². The molecule has 0 spiro atoms. The number of carbonyl (C=O) groups is 1. The van der Waals surface area contributed by atoms with Crippen molar-refractivity contribution < 1.29 is 31.9 Å². The maximum Gasteiger partial charge on any atom is 0.419 e. The molecule has 1 aliphatic rings. The lowest BCUT2D eigenvalue weighted by atomic mass is 10.0. The standard InChI is InChI=1S/C18H34F3NO4Si/c1-15(2,3)26-14(23)22-10-9-17(13-22,18(19,20)21)24-11-12-25-27(7,8)16(4,5)6/h9-13H2,1-8H3.